The third kappa shape index (κ3) is 3.26. The van der Waals surface area contributed by atoms with E-state index in [1.165, 1.54) is 5.56 Å². The number of aryl methyl sites for hydroxylation is 1. The lowest BCUT2D eigenvalue weighted by Crippen LogP contribution is -2.17. The van der Waals surface area contributed by atoms with Crippen molar-refractivity contribution in [1.82, 2.24) is 9.78 Å². The fourth-order valence-electron chi connectivity index (χ4n) is 1.95. The highest BCUT2D eigenvalue weighted by molar-refractivity contribution is 5.39. The summed E-state index contributed by atoms with van der Waals surface area (Å²) >= 11 is 0. The standard InChI is InChI=1S/C14H19N3O/c1-11(16-13-9-15-17(2)10-13)8-12-4-6-14(18-3)7-5-12/h4-7,9-11,16H,8H2,1-3H3. The number of hydrogen-bond acceptors (Lipinski definition) is 3. The van der Waals surface area contributed by atoms with Crippen LogP contribution in [-0.4, -0.2) is 22.9 Å². The summed E-state index contributed by atoms with van der Waals surface area (Å²) in [6.07, 6.45) is 4.79. The highest BCUT2D eigenvalue weighted by atomic mass is 16.5. The lowest BCUT2D eigenvalue weighted by atomic mass is 10.1. The molecule has 0 aliphatic carbocycles. The molecule has 1 atom stereocenters. The Morgan fingerprint density at radius 1 is 1.33 bits per heavy atom. The number of benzene rings is 1. The van der Waals surface area contributed by atoms with Crippen molar-refractivity contribution < 1.29 is 4.74 Å². The first-order valence-electron chi connectivity index (χ1n) is 6.05. The molecule has 0 bridgehead atoms. The zero-order valence-corrected chi connectivity index (χ0v) is 11.1. The Labute approximate surface area is 108 Å². The summed E-state index contributed by atoms with van der Waals surface area (Å²) in [5.74, 6) is 0.895. The van der Waals surface area contributed by atoms with Gasteiger partial charge in [0.25, 0.3) is 0 Å². The van der Waals surface area contributed by atoms with E-state index in [0.29, 0.717) is 6.04 Å². The molecule has 0 saturated carbocycles. The number of nitrogens with one attached hydrogen (secondary N) is 1. The van der Waals surface area contributed by atoms with Gasteiger partial charge in [0.2, 0.25) is 0 Å². The minimum absolute atomic E-state index is 0.364. The molecular formula is C14H19N3O. The molecule has 96 valence electrons. The Balaban J connectivity index is 1.91. The van der Waals surface area contributed by atoms with Crippen LogP contribution in [0, 0.1) is 0 Å². The third-order valence-corrected chi connectivity index (χ3v) is 2.82. The van der Waals surface area contributed by atoms with Gasteiger partial charge in [-0.3, -0.25) is 4.68 Å². The van der Waals surface area contributed by atoms with Crippen molar-refractivity contribution in [2.45, 2.75) is 19.4 Å². The molecule has 4 heteroatoms. The van der Waals surface area contributed by atoms with Gasteiger partial charge in [0.15, 0.2) is 0 Å². The van der Waals surface area contributed by atoms with Crippen molar-refractivity contribution in [3.8, 4) is 5.75 Å². The second kappa shape index (κ2) is 5.58. The predicted octanol–water partition coefficient (Wildman–Crippen LogP) is 2.47. The summed E-state index contributed by atoms with van der Waals surface area (Å²) in [5.41, 5.74) is 2.35. The zero-order chi connectivity index (χ0) is 13.0. The first-order valence-corrected chi connectivity index (χ1v) is 6.05. The Morgan fingerprint density at radius 2 is 2.06 bits per heavy atom. The second-order valence-electron chi connectivity index (χ2n) is 4.50. The van der Waals surface area contributed by atoms with E-state index < -0.39 is 0 Å². The number of anilines is 1. The summed E-state index contributed by atoms with van der Waals surface area (Å²) in [6.45, 7) is 2.16. The normalized spacial score (nSPS) is 12.2. The lowest BCUT2D eigenvalue weighted by Gasteiger charge is -2.13. The minimum atomic E-state index is 0.364. The smallest absolute Gasteiger partial charge is 0.118 e. The summed E-state index contributed by atoms with van der Waals surface area (Å²) in [4.78, 5) is 0. The average Bonchev–Trinajstić information content (AvgIpc) is 2.75. The van der Waals surface area contributed by atoms with Gasteiger partial charge < -0.3 is 10.1 Å². The van der Waals surface area contributed by atoms with Crippen molar-refractivity contribution in [3.63, 3.8) is 0 Å². The minimum Gasteiger partial charge on any atom is -0.497 e. The molecule has 1 aromatic carbocycles. The van der Waals surface area contributed by atoms with Gasteiger partial charge in [0.1, 0.15) is 5.75 Å². The topological polar surface area (TPSA) is 39.1 Å². The molecule has 1 heterocycles. The summed E-state index contributed by atoms with van der Waals surface area (Å²) < 4.78 is 6.94. The van der Waals surface area contributed by atoms with Gasteiger partial charge in [-0.2, -0.15) is 5.10 Å². The molecule has 0 aliphatic heterocycles. The van der Waals surface area contributed by atoms with Crippen molar-refractivity contribution in [2.24, 2.45) is 7.05 Å². The van der Waals surface area contributed by atoms with Gasteiger partial charge in [-0.15, -0.1) is 0 Å². The van der Waals surface area contributed by atoms with Gasteiger partial charge in [-0.25, -0.2) is 0 Å². The maximum atomic E-state index is 5.15. The van der Waals surface area contributed by atoms with Gasteiger partial charge in [-0.1, -0.05) is 12.1 Å². The number of hydrogen-bond donors (Lipinski definition) is 1. The first-order chi connectivity index (χ1) is 8.67. The number of rotatable bonds is 5. The molecule has 0 fully saturated rings. The van der Waals surface area contributed by atoms with Crippen LogP contribution in [0.25, 0.3) is 0 Å². The van der Waals surface area contributed by atoms with E-state index in [0.717, 1.165) is 17.9 Å². The fourth-order valence-corrected chi connectivity index (χ4v) is 1.95. The Bertz CT molecular complexity index is 490. The Kier molecular flexibility index (Phi) is 3.87. The highest BCUT2D eigenvalue weighted by Gasteiger charge is 2.05. The van der Waals surface area contributed by atoms with Crippen LogP contribution in [0.5, 0.6) is 5.75 Å². The van der Waals surface area contributed by atoms with E-state index in [1.807, 2.05) is 31.6 Å². The van der Waals surface area contributed by atoms with Gasteiger partial charge in [-0.05, 0) is 31.0 Å². The zero-order valence-electron chi connectivity index (χ0n) is 11.1. The van der Waals surface area contributed by atoms with E-state index in [2.05, 4.69) is 29.5 Å². The van der Waals surface area contributed by atoms with Crippen LogP contribution >= 0.6 is 0 Å². The van der Waals surface area contributed by atoms with Crippen molar-refractivity contribution in [3.05, 3.63) is 42.2 Å². The van der Waals surface area contributed by atoms with Crippen molar-refractivity contribution in [1.29, 1.82) is 0 Å². The first kappa shape index (κ1) is 12.5. The molecule has 4 nitrogen and oxygen atoms in total. The second-order valence-corrected chi connectivity index (χ2v) is 4.50. The summed E-state index contributed by atoms with van der Waals surface area (Å²) in [7, 11) is 3.60. The van der Waals surface area contributed by atoms with Crippen molar-refractivity contribution >= 4 is 5.69 Å². The fraction of sp³-hybridized carbons (Fsp3) is 0.357. The predicted molar refractivity (Wildman–Crippen MR) is 73.0 cm³/mol. The number of aromatic nitrogens is 2. The van der Waals surface area contributed by atoms with Crippen LogP contribution in [0.4, 0.5) is 5.69 Å². The molecule has 1 unspecified atom stereocenters. The molecular weight excluding hydrogens is 226 g/mol. The van der Waals surface area contributed by atoms with Crippen LogP contribution in [0.1, 0.15) is 12.5 Å². The van der Waals surface area contributed by atoms with Crippen molar-refractivity contribution in [2.75, 3.05) is 12.4 Å². The molecule has 1 aromatic heterocycles. The Hall–Kier alpha value is -1.97. The quantitative estimate of drug-likeness (QED) is 0.879. The van der Waals surface area contributed by atoms with Gasteiger partial charge in [0.05, 0.1) is 19.0 Å². The average molecular weight is 245 g/mol. The summed E-state index contributed by atoms with van der Waals surface area (Å²) in [6, 6.07) is 8.54. The molecule has 18 heavy (non-hydrogen) atoms. The number of nitrogens with zero attached hydrogens (tertiary/aromatic N) is 2. The molecule has 0 radical (unpaired) electrons. The van der Waals surface area contributed by atoms with E-state index in [9.17, 15) is 0 Å². The Morgan fingerprint density at radius 3 is 2.61 bits per heavy atom. The van der Waals surface area contributed by atoms with Crippen LogP contribution in [-0.2, 0) is 13.5 Å². The molecule has 2 aromatic rings. The van der Waals surface area contributed by atoms with E-state index in [4.69, 9.17) is 4.74 Å². The highest BCUT2D eigenvalue weighted by Crippen LogP contribution is 2.14. The molecule has 0 saturated heterocycles. The van der Waals surface area contributed by atoms with Crippen LogP contribution in [0.3, 0.4) is 0 Å². The molecule has 0 spiro atoms. The monoisotopic (exact) mass is 245 g/mol. The maximum Gasteiger partial charge on any atom is 0.118 e. The van der Waals surface area contributed by atoms with Gasteiger partial charge >= 0.3 is 0 Å². The molecule has 0 amide bonds. The van der Waals surface area contributed by atoms with Crippen LogP contribution in [0.15, 0.2) is 36.7 Å². The molecule has 2 rings (SSSR count). The molecule has 1 N–H and O–H groups in total. The van der Waals surface area contributed by atoms with E-state index >= 15 is 0 Å². The summed E-state index contributed by atoms with van der Waals surface area (Å²) in [5, 5.41) is 7.56. The largest absolute Gasteiger partial charge is 0.497 e. The number of methoxy groups -OCH3 is 1. The van der Waals surface area contributed by atoms with Gasteiger partial charge in [0, 0.05) is 19.3 Å². The lowest BCUT2D eigenvalue weighted by molar-refractivity contribution is 0.414. The maximum absolute atomic E-state index is 5.15. The number of ether oxygens (including phenoxy) is 1. The van der Waals surface area contributed by atoms with Crippen LogP contribution in [0.2, 0.25) is 0 Å². The van der Waals surface area contributed by atoms with E-state index in [1.54, 1.807) is 11.8 Å². The third-order valence-electron chi connectivity index (χ3n) is 2.82. The van der Waals surface area contributed by atoms with E-state index in [-0.39, 0.29) is 0 Å². The molecule has 0 aliphatic rings. The SMILES string of the molecule is COc1ccc(CC(C)Nc2cnn(C)c2)cc1. The van der Waals surface area contributed by atoms with Crippen LogP contribution < -0.4 is 10.1 Å².